The molecule has 4 heteroatoms. The van der Waals surface area contributed by atoms with E-state index >= 15 is 0 Å². The topological polar surface area (TPSA) is 75.3 Å². The summed E-state index contributed by atoms with van der Waals surface area (Å²) >= 11 is 0. The van der Waals surface area contributed by atoms with E-state index in [1.807, 2.05) is 38.1 Å². The molecule has 1 aromatic rings. The molecule has 1 fully saturated rings. The highest BCUT2D eigenvalue weighted by atomic mass is 16.3. The number of carbonyl (C=O) groups is 1. The second kappa shape index (κ2) is 5.31. The molecule has 4 N–H and O–H groups in total. The number of aliphatic hydroxyl groups excluding tert-OH is 1. The van der Waals surface area contributed by atoms with Gasteiger partial charge in [0.15, 0.2) is 0 Å². The highest BCUT2D eigenvalue weighted by Crippen LogP contribution is 2.40. The third-order valence-corrected chi connectivity index (χ3v) is 4.20. The first-order valence-corrected chi connectivity index (χ1v) is 6.73. The summed E-state index contributed by atoms with van der Waals surface area (Å²) in [5.41, 5.74) is 6.97. The number of carbonyl (C=O) groups excluding carboxylic acids is 1. The summed E-state index contributed by atoms with van der Waals surface area (Å²) in [5, 5.41) is 12.7. The first kappa shape index (κ1) is 14.0. The van der Waals surface area contributed by atoms with Crippen molar-refractivity contribution < 1.29 is 9.90 Å². The van der Waals surface area contributed by atoms with Gasteiger partial charge < -0.3 is 16.2 Å². The molecule has 19 heavy (non-hydrogen) atoms. The predicted molar refractivity (Wildman–Crippen MR) is 74.9 cm³/mol. The number of benzene rings is 1. The van der Waals surface area contributed by atoms with Gasteiger partial charge in [0.2, 0.25) is 0 Å². The standard InChI is InChI=1S/C15H22N2O2/c1-15(2)12(9-13(15)18)17-14(19)11-6-4-3-5-10(11)7-8-16/h3-6,12-13,18H,7-9,16H2,1-2H3,(H,17,19). The molecule has 2 rings (SSSR count). The fraction of sp³-hybridized carbons (Fsp3) is 0.533. The minimum atomic E-state index is -0.336. The van der Waals surface area contributed by atoms with Crippen LogP contribution in [0.1, 0.15) is 36.2 Å². The lowest BCUT2D eigenvalue weighted by Crippen LogP contribution is -2.61. The first-order chi connectivity index (χ1) is 8.96. The van der Waals surface area contributed by atoms with E-state index < -0.39 is 0 Å². The van der Waals surface area contributed by atoms with Crippen LogP contribution in [0.15, 0.2) is 24.3 Å². The van der Waals surface area contributed by atoms with Crippen molar-refractivity contribution in [1.82, 2.24) is 5.32 Å². The number of nitrogens with one attached hydrogen (secondary N) is 1. The monoisotopic (exact) mass is 262 g/mol. The maximum absolute atomic E-state index is 12.3. The Morgan fingerprint density at radius 3 is 2.74 bits per heavy atom. The molecule has 0 spiro atoms. The van der Waals surface area contributed by atoms with Crippen molar-refractivity contribution in [1.29, 1.82) is 0 Å². The molecule has 1 amide bonds. The molecule has 1 saturated carbocycles. The van der Waals surface area contributed by atoms with Gasteiger partial charge in [0.05, 0.1) is 6.10 Å². The average Bonchev–Trinajstić information content (AvgIpc) is 2.39. The van der Waals surface area contributed by atoms with Gasteiger partial charge in [0, 0.05) is 17.0 Å². The number of nitrogens with two attached hydrogens (primary N) is 1. The average molecular weight is 262 g/mol. The van der Waals surface area contributed by atoms with Crippen LogP contribution >= 0.6 is 0 Å². The van der Waals surface area contributed by atoms with E-state index in [4.69, 9.17) is 5.73 Å². The molecule has 0 saturated heterocycles. The zero-order valence-corrected chi connectivity index (χ0v) is 11.5. The van der Waals surface area contributed by atoms with Gasteiger partial charge in [-0.1, -0.05) is 32.0 Å². The van der Waals surface area contributed by atoms with Crippen molar-refractivity contribution in [2.45, 2.75) is 38.8 Å². The molecule has 4 nitrogen and oxygen atoms in total. The molecule has 1 aliphatic carbocycles. The summed E-state index contributed by atoms with van der Waals surface area (Å²) in [6.45, 7) is 4.47. The number of rotatable bonds is 4. The lowest BCUT2D eigenvalue weighted by molar-refractivity contribution is -0.0689. The summed E-state index contributed by atoms with van der Waals surface area (Å²) in [7, 11) is 0. The smallest absolute Gasteiger partial charge is 0.251 e. The zero-order valence-electron chi connectivity index (χ0n) is 11.5. The Morgan fingerprint density at radius 2 is 2.16 bits per heavy atom. The van der Waals surface area contributed by atoms with Crippen LogP contribution in [0.4, 0.5) is 0 Å². The molecule has 0 heterocycles. The van der Waals surface area contributed by atoms with Crippen molar-refractivity contribution >= 4 is 5.91 Å². The van der Waals surface area contributed by atoms with Gasteiger partial charge in [-0.15, -0.1) is 0 Å². The number of amides is 1. The van der Waals surface area contributed by atoms with Gasteiger partial charge in [0.1, 0.15) is 0 Å². The van der Waals surface area contributed by atoms with Crippen LogP contribution in [0.3, 0.4) is 0 Å². The Morgan fingerprint density at radius 1 is 1.47 bits per heavy atom. The van der Waals surface area contributed by atoms with E-state index in [9.17, 15) is 9.90 Å². The molecule has 1 aliphatic rings. The van der Waals surface area contributed by atoms with Gasteiger partial charge in [-0.25, -0.2) is 0 Å². The van der Waals surface area contributed by atoms with E-state index in [2.05, 4.69) is 5.32 Å². The first-order valence-electron chi connectivity index (χ1n) is 6.73. The molecule has 1 aromatic carbocycles. The third-order valence-electron chi connectivity index (χ3n) is 4.20. The van der Waals surface area contributed by atoms with Crippen LogP contribution in [-0.2, 0) is 6.42 Å². The Hall–Kier alpha value is -1.39. The van der Waals surface area contributed by atoms with E-state index in [1.165, 1.54) is 0 Å². The maximum Gasteiger partial charge on any atom is 0.251 e. The lowest BCUT2D eigenvalue weighted by Gasteiger charge is -2.49. The van der Waals surface area contributed by atoms with E-state index in [0.29, 0.717) is 24.9 Å². The summed E-state index contributed by atoms with van der Waals surface area (Å²) < 4.78 is 0. The minimum Gasteiger partial charge on any atom is -0.392 e. The van der Waals surface area contributed by atoms with Crippen LogP contribution in [0, 0.1) is 5.41 Å². The zero-order chi connectivity index (χ0) is 14.0. The second-order valence-corrected chi connectivity index (χ2v) is 5.79. The van der Waals surface area contributed by atoms with Gasteiger partial charge in [0.25, 0.3) is 5.91 Å². The summed E-state index contributed by atoms with van der Waals surface area (Å²) in [6, 6.07) is 7.56. The van der Waals surface area contributed by atoms with Crippen molar-refractivity contribution in [3.05, 3.63) is 35.4 Å². The van der Waals surface area contributed by atoms with Gasteiger partial charge in [-0.05, 0) is 31.0 Å². The van der Waals surface area contributed by atoms with Crippen LogP contribution < -0.4 is 11.1 Å². The molecule has 0 aliphatic heterocycles. The Balaban J connectivity index is 2.09. The van der Waals surface area contributed by atoms with Crippen molar-refractivity contribution in [3.8, 4) is 0 Å². The number of aliphatic hydroxyl groups is 1. The van der Waals surface area contributed by atoms with Crippen LogP contribution in [0.25, 0.3) is 0 Å². The van der Waals surface area contributed by atoms with Gasteiger partial charge in [-0.3, -0.25) is 4.79 Å². The van der Waals surface area contributed by atoms with Gasteiger partial charge in [-0.2, -0.15) is 0 Å². The summed E-state index contributed by atoms with van der Waals surface area (Å²) in [4.78, 5) is 12.3. The molecular weight excluding hydrogens is 240 g/mol. The van der Waals surface area contributed by atoms with Crippen LogP contribution in [0.5, 0.6) is 0 Å². The van der Waals surface area contributed by atoms with E-state index in [1.54, 1.807) is 0 Å². The molecule has 2 atom stereocenters. The highest BCUT2D eigenvalue weighted by molar-refractivity contribution is 5.96. The molecule has 2 unspecified atom stereocenters. The quantitative estimate of drug-likeness (QED) is 0.760. The fourth-order valence-corrected chi connectivity index (χ4v) is 2.50. The van der Waals surface area contributed by atoms with Crippen LogP contribution in [0.2, 0.25) is 0 Å². The Bertz CT molecular complexity index is 471. The predicted octanol–water partition coefficient (Wildman–Crippen LogP) is 1.08. The largest absolute Gasteiger partial charge is 0.392 e. The van der Waals surface area contributed by atoms with Crippen molar-refractivity contribution in [2.75, 3.05) is 6.54 Å². The number of hydrogen-bond acceptors (Lipinski definition) is 3. The third kappa shape index (κ3) is 2.65. The summed E-state index contributed by atoms with van der Waals surface area (Å²) in [6.07, 6.45) is 0.982. The minimum absolute atomic E-state index is 0.0286. The normalized spacial score (nSPS) is 24.6. The summed E-state index contributed by atoms with van der Waals surface area (Å²) in [5.74, 6) is -0.0750. The molecule has 0 radical (unpaired) electrons. The van der Waals surface area contributed by atoms with Crippen LogP contribution in [-0.4, -0.2) is 29.7 Å². The number of hydrogen-bond donors (Lipinski definition) is 3. The molecule has 0 aromatic heterocycles. The molecular formula is C15H22N2O2. The SMILES string of the molecule is CC1(C)C(O)CC1NC(=O)c1ccccc1CCN. The molecule has 104 valence electrons. The second-order valence-electron chi connectivity index (χ2n) is 5.79. The van der Waals surface area contributed by atoms with Crippen molar-refractivity contribution in [3.63, 3.8) is 0 Å². The highest BCUT2D eigenvalue weighted by Gasteiger charge is 2.48. The maximum atomic E-state index is 12.3. The van der Waals surface area contributed by atoms with Gasteiger partial charge >= 0.3 is 0 Å². The Labute approximate surface area is 114 Å². The van der Waals surface area contributed by atoms with E-state index in [0.717, 1.165) is 5.56 Å². The fourth-order valence-electron chi connectivity index (χ4n) is 2.50. The van der Waals surface area contributed by atoms with E-state index in [-0.39, 0.29) is 23.5 Å². The Kier molecular flexibility index (Phi) is 3.92. The molecule has 0 bridgehead atoms. The van der Waals surface area contributed by atoms with Crippen molar-refractivity contribution in [2.24, 2.45) is 11.1 Å². The lowest BCUT2D eigenvalue weighted by atomic mass is 9.64.